The number of hydrogen-bond acceptors (Lipinski definition) is 2. The fourth-order valence-electron chi connectivity index (χ4n) is 2.54. The number of aliphatic hydroxyl groups is 1. The third kappa shape index (κ3) is 3.79. The molecule has 0 radical (unpaired) electrons. The van der Waals surface area contributed by atoms with Crippen molar-refractivity contribution in [2.45, 2.75) is 38.2 Å². The highest BCUT2D eigenvalue weighted by Crippen LogP contribution is 2.24. The number of halogens is 1. The van der Waals surface area contributed by atoms with Crippen LogP contribution in [0.25, 0.3) is 0 Å². The highest BCUT2D eigenvalue weighted by Gasteiger charge is 2.16. The van der Waals surface area contributed by atoms with Gasteiger partial charge in [0.1, 0.15) is 11.9 Å². The van der Waals surface area contributed by atoms with Crippen molar-refractivity contribution in [3.8, 4) is 0 Å². The standard InChI is InChI=1S/C15H21FO2/c16-14-9-5-4-8-13(14)15(17)11-18-10-12-6-2-1-3-7-12/h4-5,8-9,12,15,17H,1-3,6-7,10-11H2. The molecule has 0 heterocycles. The molecule has 0 bridgehead atoms. The lowest BCUT2D eigenvalue weighted by molar-refractivity contribution is 0.0133. The smallest absolute Gasteiger partial charge is 0.129 e. The van der Waals surface area contributed by atoms with Crippen molar-refractivity contribution < 1.29 is 14.2 Å². The molecule has 0 amide bonds. The molecule has 1 aliphatic carbocycles. The van der Waals surface area contributed by atoms with E-state index in [0.29, 0.717) is 18.1 Å². The molecule has 0 saturated heterocycles. The van der Waals surface area contributed by atoms with Crippen molar-refractivity contribution in [3.05, 3.63) is 35.6 Å². The lowest BCUT2D eigenvalue weighted by atomic mass is 9.90. The maximum atomic E-state index is 13.4. The van der Waals surface area contributed by atoms with E-state index in [1.807, 2.05) is 0 Å². The minimum absolute atomic E-state index is 0.178. The van der Waals surface area contributed by atoms with Gasteiger partial charge in [0.2, 0.25) is 0 Å². The molecule has 1 unspecified atom stereocenters. The van der Waals surface area contributed by atoms with Gasteiger partial charge < -0.3 is 9.84 Å². The zero-order valence-electron chi connectivity index (χ0n) is 10.6. The molecule has 0 spiro atoms. The van der Waals surface area contributed by atoms with E-state index in [9.17, 15) is 9.50 Å². The molecular formula is C15H21FO2. The van der Waals surface area contributed by atoms with Gasteiger partial charge in [-0.05, 0) is 24.8 Å². The molecule has 0 aliphatic heterocycles. The van der Waals surface area contributed by atoms with Crippen LogP contribution in [0.2, 0.25) is 0 Å². The Balaban J connectivity index is 1.74. The Labute approximate surface area is 108 Å². The Kier molecular flexibility index (Phi) is 5.14. The van der Waals surface area contributed by atoms with Crippen LogP contribution in [-0.4, -0.2) is 18.3 Å². The third-order valence-electron chi connectivity index (χ3n) is 3.62. The van der Waals surface area contributed by atoms with Gasteiger partial charge in [-0.3, -0.25) is 0 Å². The summed E-state index contributed by atoms with van der Waals surface area (Å²) in [6.45, 7) is 0.864. The molecule has 100 valence electrons. The summed E-state index contributed by atoms with van der Waals surface area (Å²) >= 11 is 0. The molecule has 1 aliphatic rings. The summed E-state index contributed by atoms with van der Waals surface area (Å²) in [4.78, 5) is 0. The fourth-order valence-corrected chi connectivity index (χ4v) is 2.54. The van der Waals surface area contributed by atoms with Gasteiger partial charge in [0, 0.05) is 12.2 Å². The molecule has 1 atom stereocenters. The van der Waals surface area contributed by atoms with Gasteiger partial charge >= 0.3 is 0 Å². The summed E-state index contributed by atoms with van der Waals surface area (Å²) in [7, 11) is 0. The van der Waals surface area contributed by atoms with Crippen LogP contribution in [0.15, 0.2) is 24.3 Å². The first-order valence-corrected chi connectivity index (χ1v) is 6.77. The largest absolute Gasteiger partial charge is 0.386 e. The Morgan fingerprint density at radius 2 is 1.94 bits per heavy atom. The fraction of sp³-hybridized carbons (Fsp3) is 0.600. The Bertz CT molecular complexity index is 361. The predicted octanol–water partition coefficient (Wildman–Crippen LogP) is 3.46. The second-order valence-corrected chi connectivity index (χ2v) is 5.08. The van der Waals surface area contributed by atoms with Crippen LogP contribution >= 0.6 is 0 Å². The van der Waals surface area contributed by atoms with Gasteiger partial charge in [-0.15, -0.1) is 0 Å². The van der Waals surface area contributed by atoms with E-state index in [-0.39, 0.29) is 12.4 Å². The number of ether oxygens (including phenoxy) is 1. The Morgan fingerprint density at radius 1 is 1.22 bits per heavy atom. The minimum atomic E-state index is -0.866. The molecule has 3 heteroatoms. The molecule has 2 rings (SSSR count). The average Bonchev–Trinajstić information content (AvgIpc) is 2.40. The minimum Gasteiger partial charge on any atom is -0.386 e. The summed E-state index contributed by atoms with van der Waals surface area (Å²) < 4.78 is 18.9. The topological polar surface area (TPSA) is 29.5 Å². The second-order valence-electron chi connectivity index (χ2n) is 5.08. The summed E-state index contributed by atoms with van der Waals surface area (Å²) in [5.41, 5.74) is 0.321. The Morgan fingerprint density at radius 3 is 2.67 bits per heavy atom. The number of hydrogen-bond donors (Lipinski definition) is 1. The van der Waals surface area contributed by atoms with E-state index in [0.717, 1.165) is 0 Å². The highest BCUT2D eigenvalue weighted by molar-refractivity contribution is 5.19. The van der Waals surface area contributed by atoms with Crippen LogP contribution in [0.3, 0.4) is 0 Å². The van der Waals surface area contributed by atoms with Gasteiger partial charge in [0.05, 0.1) is 6.61 Å². The van der Waals surface area contributed by atoms with Crippen LogP contribution in [0.1, 0.15) is 43.8 Å². The zero-order chi connectivity index (χ0) is 12.8. The zero-order valence-corrected chi connectivity index (χ0v) is 10.6. The van der Waals surface area contributed by atoms with Crippen LogP contribution in [0.5, 0.6) is 0 Å². The van der Waals surface area contributed by atoms with Gasteiger partial charge in [-0.25, -0.2) is 4.39 Å². The molecule has 0 aromatic heterocycles. The number of benzene rings is 1. The normalized spacial score (nSPS) is 18.8. The van der Waals surface area contributed by atoms with Crippen molar-refractivity contribution in [2.24, 2.45) is 5.92 Å². The van der Waals surface area contributed by atoms with Crippen molar-refractivity contribution in [1.82, 2.24) is 0 Å². The third-order valence-corrected chi connectivity index (χ3v) is 3.62. The summed E-state index contributed by atoms with van der Waals surface area (Å²) in [6, 6.07) is 6.31. The molecule has 1 saturated carbocycles. The highest BCUT2D eigenvalue weighted by atomic mass is 19.1. The summed E-state index contributed by atoms with van der Waals surface area (Å²) in [5.74, 6) is 0.248. The molecule has 18 heavy (non-hydrogen) atoms. The summed E-state index contributed by atoms with van der Waals surface area (Å²) in [6.07, 6.45) is 5.46. The lowest BCUT2D eigenvalue weighted by Gasteiger charge is -2.22. The van der Waals surface area contributed by atoms with E-state index >= 15 is 0 Å². The first kappa shape index (κ1) is 13.5. The average molecular weight is 252 g/mol. The molecular weight excluding hydrogens is 231 g/mol. The summed E-state index contributed by atoms with van der Waals surface area (Å²) in [5, 5.41) is 9.87. The van der Waals surface area contributed by atoms with Crippen LogP contribution in [0.4, 0.5) is 4.39 Å². The number of aliphatic hydroxyl groups excluding tert-OH is 1. The van der Waals surface area contributed by atoms with Gasteiger partial charge in [-0.2, -0.15) is 0 Å². The molecule has 1 aromatic carbocycles. The van der Waals surface area contributed by atoms with Gasteiger partial charge in [0.15, 0.2) is 0 Å². The maximum Gasteiger partial charge on any atom is 0.129 e. The van der Waals surface area contributed by atoms with Crippen molar-refractivity contribution in [2.75, 3.05) is 13.2 Å². The van der Waals surface area contributed by atoms with E-state index < -0.39 is 6.10 Å². The van der Waals surface area contributed by atoms with Gasteiger partial charge in [-0.1, -0.05) is 37.5 Å². The molecule has 1 N–H and O–H groups in total. The van der Waals surface area contributed by atoms with Crippen molar-refractivity contribution >= 4 is 0 Å². The lowest BCUT2D eigenvalue weighted by Crippen LogP contribution is -2.16. The number of rotatable bonds is 5. The predicted molar refractivity (Wildman–Crippen MR) is 68.8 cm³/mol. The van der Waals surface area contributed by atoms with E-state index in [2.05, 4.69) is 0 Å². The quantitative estimate of drug-likeness (QED) is 0.869. The van der Waals surface area contributed by atoms with Gasteiger partial charge in [0.25, 0.3) is 0 Å². The van der Waals surface area contributed by atoms with E-state index in [1.54, 1.807) is 18.2 Å². The van der Waals surface area contributed by atoms with Crippen molar-refractivity contribution in [1.29, 1.82) is 0 Å². The van der Waals surface area contributed by atoms with Crippen LogP contribution in [-0.2, 0) is 4.74 Å². The van der Waals surface area contributed by atoms with Crippen molar-refractivity contribution in [3.63, 3.8) is 0 Å². The second kappa shape index (κ2) is 6.86. The monoisotopic (exact) mass is 252 g/mol. The van der Waals surface area contributed by atoms with Crippen LogP contribution < -0.4 is 0 Å². The SMILES string of the molecule is OC(COCC1CCCCC1)c1ccccc1F. The molecule has 1 aromatic rings. The first-order valence-electron chi connectivity index (χ1n) is 6.77. The molecule has 1 fully saturated rings. The first-order chi connectivity index (χ1) is 8.77. The van der Waals surface area contributed by atoms with E-state index in [4.69, 9.17) is 4.74 Å². The maximum absolute atomic E-state index is 13.4. The van der Waals surface area contributed by atoms with E-state index in [1.165, 1.54) is 38.2 Å². The molecule has 2 nitrogen and oxygen atoms in total. The van der Waals surface area contributed by atoms with Crippen LogP contribution in [0, 0.1) is 11.7 Å². The Hall–Kier alpha value is -0.930.